The van der Waals surface area contributed by atoms with Crippen molar-refractivity contribution in [3.8, 4) is 22.8 Å². The van der Waals surface area contributed by atoms with Crippen LogP contribution in [-0.4, -0.2) is 129 Å². The van der Waals surface area contributed by atoms with Crippen molar-refractivity contribution in [1.29, 1.82) is 0 Å². The molecule has 1 saturated carbocycles. The smallest absolute Gasteiger partial charge is 0.257 e. The van der Waals surface area contributed by atoms with E-state index in [1.807, 2.05) is 29.9 Å². The van der Waals surface area contributed by atoms with E-state index >= 15 is 0 Å². The number of methoxy groups -OCH3 is 1. The lowest BCUT2D eigenvalue weighted by Gasteiger charge is -2.42. The van der Waals surface area contributed by atoms with Crippen molar-refractivity contribution in [1.82, 2.24) is 44.9 Å². The molecule has 2 aliphatic rings. The minimum absolute atomic E-state index is 0.217. The lowest BCUT2D eigenvalue weighted by Crippen LogP contribution is -2.51. The van der Waals surface area contributed by atoms with Gasteiger partial charge in [-0.25, -0.2) is 14.6 Å². The van der Waals surface area contributed by atoms with Crippen molar-refractivity contribution in [2.75, 3.05) is 65.2 Å². The Labute approximate surface area is 315 Å². The van der Waals surface area contributed by atoms with Gasteiger partial charge in [-0.15, -0.1) is 10.2 Å². The molecule has 1 aromatic carbocycles. The standard InChI is InChI=1S/C36H51ClN10O6/c1-25-20-45(21-26(2)52-25)30-6-8-31(9-7-30)47-23-33(35(42-47)51-16-15-50-14-13-49-12-11-48-4)41-36-38-18-29(19-39-36)28-5-10-32(37)34(17-28)53-27(3)22-46-24-40-43-44-46/h5,10,17-19,23-27,30-31H,6-9,11-16,20-22H2,1-4H3,(H,38,39,41)/t25-,26+,27-,30-,31-/m0/s1. The molecule has 2 fully saturated rings. The Morgan fingerprint density at radius 1 is 0.925 bits per heavy atom. The van der Waals surface area contributed by atoms with Crippen molar-refractivity contribution in [2.24, 2.45) is 0 Å². The van der Waals surface area contributed by atoms with Gasteiger partial charge in [-0.3, -0.25) is 9.58 Å². The highest BCUT2D eigenvalue weighted by Crippen LogP contribution is 2.36. The number of benzene rings is 1. The topological polar surface area (TPSA) is 158 Å². The van der Waals surface area contributed by atoms with Gasteiger partial charge < -0.3 is 33.7 Å². The van der Waals surface area contributed by atoms with Crippen LogP contribution in [0.5, 0.6) is 11.6 Å². The van der Waals surface area contributed by atoms with E-state index in [2.05, 4.69) is 49.6 Å². The van der Waals surface area contributed by atoms with Crippen molar-refractivity contribution in [2.45, 2.75) is 83.4 Å². The quantitative estimate of drug-likeness (QED) is 0.130. The molecule has 288 valence electrons. The van der Waals surface area contributed by atoms with Crippen molar-refractivity contribution in [3.63, 3.8) is 0 Å². The number of hydrogen-bond donors (Lipinski definition) is 1. The number of ether oxygens (including phenoxy) is 6. The Bertz CT molecular complexity index is 1660. The largest absolute Gasteiger partial charge is 0.487 e. The Kier molecular flexibility index (Phi) is 14.2. The molecule has 1 aliphatic heterocycles. The molecule has 1 aliphatic carbocycles. The Morgan fingerprint density at radius 3 is 2.32 bits per heavy atom. The van der Waals surface area contributed by atoms with Gasteiger partial charge in [0.25, 0.3) is 5.88 Å². The van der Waals surface area contributed by atoms with E-state index < -0.39 is 0 Å². The van der Waals surface area contributed by atoms with Crippen LogP contribution in [0.15, 0.2) is 43.1 Å². The summed E-state index contributed by atoms with van der Waals surface area (Å²) < 4.78 is 38.1. The summed E-state index contributed by atoms with van der Waals surface area (Å²) in [5, 5.41) is 20.0. The second-order valence-electron chi connectivity index (χ2n) is 13.6. The molecule has 17 heteroatoms. The van der Waals surface area contributed by atoms with Crippen LogP contribution >= 0.6 is 11.6 Å². The van der Waals surface area contributed by atoms with Gasteiger partial charge in [-0.05, 0) is 74.6 Å². The first-order chi connectivity index (χ1) is 25.8. The summed E-state index contributed by atoms with van der Waals surface area (Å²) in [4.78, 5) is 11.9. The Balaban J connectivity index is 1.09. The first kappa shape index (κ1) is 38.8. The first-order valence-corrected chi connectivity index (χ1v) is 18.7. The molecule has 0 radical (unpaired) electrons. The summed E-state index contributed by atoms with van der Waals surface area (Å²) in [6, 6.07) is 6.42. The van der Waals surface area contributed by atoms with Crippen LogP contribution in [0.3, 0.4) is 0 Å². The van der Waals surface area contributed by atoms with Crippen LogP contribution in [0.25, 0.3) is 11.1 Å². The lowest BCUT2D eigenvalue weighted by atomic mass is 9.89. The predicted molar refractivity (Wildman–Crippen MR) is 198 cm³/mol. The highest BCUT2D eigenvalue weighted by atomic mass is 35.5. The molecule has 6 rings (SSSR count). The summed E-state index contributed by atoms with van der Waals surface area (Å²) in [6.07, 6.45) is 11.7. The monoisotopic (exact) mass is 754 g/mol. The molecule has 0 spiro atoms. The molecule has 0 unspecified atom stereocenters. The zero-order chi connectivity index (χ0) is 37.0. The molecular formula is C36H51ClN10O6. The summed E-state index contributed by atoms with van der Waals surface area (Å²) in [7, 11) is 1.65. The van der Waals surface area contributed by atoms with Crippen LogP contribution < -0.4 is 14.8 Å². The van der Waals surface area contributed by atoms with Crippen LogP contribution in [-0.2, 0) is 25.5 Å². The lowest BCUT2D eigenvalue weighted by molar-refractivity contribution is -0.0852. The van der Waals surface area contributed by atoms with Gasteiger partial charge in [-0.2, -0.15) is 0 Å². The van der Waals surface area contributed by atoms with Crippen molar-refractivity contribution >= 4 is 23.2 Å². The molecule has 3 aromatic heterocycles. The maximum absolute atomic E-state index is 6.48. The van der Waals surface area contributed by atoms with E-state index in [1.54, 1.807) is 36.6 Å². The number of anilines is 2. The summed E-state index contributed by atoms with van der Waals surface area (Å²) >= 11 is 6.48. The number of nitrogens with one attached hydrogen (secondary N) is 1. The van der Waals surface area contributed by atoms with E-state index in [-0.39, 0.29) is 24.4 Å². The Hall–Kier alpha value is -3.93. The van der Waals surface area contributed by atoms with Crippen LogP contribution in [0.4, 0.5) is 11.6 Å². The molecule has 0 amide bonds. The molecule has 16 nitrogen and oxygen atoms in total. The average molecular weight is 755 g/mol. The molecule has 1 saturated heterocycles. The molecule has 1 N–H and O–H groups in total. The van der Waals surface area contributed by atoms with E-state index in [9.17, 15) is 0 Å². The van der Waals surface area contributed by atoms with Crippen LogP contribution in [0, 0.1) is 0 Å². The van der Waals surface area contributed by atoms with Crippen LogP contribution in [0.1, 0.15) is 52.5 Å². The molecule has 4 heterocycles. The molecule has 3 atom stereocenters. The zero-order valence-electron chi connectivity index (χ0n) is 31.0. The fourth-order valence-electron chi connectivity index (χ4n) is 6.84. The van der Waals surface area contributed by atoms with Crippen LogP contribution in [0.2, 0.25) is 5.02 Å². The fraction of sp³-hybridized carbons (Fsp3) is 0.611. The van der Waals surface area contributed by atoms with E-state index in [0.29, 0.717) is 80.5 Å². The predicted octanol–water partition coefficient (Wildman–Crippen LogP) is 4.84. The number of tetrazole rings is 1. The zero-order valence-corrected chi connectivity index (χ0v) is 31.7. The SMILES string of the molecule is COCCOCCOCCOc1nn([C@H]2CC[C@H](N3C[C@@H](C)O[C@@H](C)C3)CC2)cc1Nc1ncc(-c2ccc(Cl)c(O[C@@H](C)Cn3cnnn3)c2)cn1. The fourth-order valence-corrected chi connectivity index (χ4v) is 7.00. The molecular weight excluding hydrogens is 704 g/mol. The molecule has 53 heavy (non-hydrogen) atoms. The maximum Gasteiger partial charge on any atom is 0.257 e. The number of hydrogen-bond acceptors (Lipinski definition) is 14. The van der Waals surface area contributed by atoms with Gasteiger partial charge in [-0.1, -0.05) is 17.7 Å². The third kappa shape index (κ3) is 11.3. The summed E-state index contributed by atoms with van der Waals surface area (Å²) in [5.41, 5.74) is 2.36. The van der Waals surface area contributed by atoms with E-state index in [4.69, 9.17) is 45.1 Å². The van der Waals surface area contributed by atoms with Gasteiger partial charge in [0.15, 0.2) is 0 Å². The van der Waals surface area contributed by atoms with Gasteiger partial charge in [0, 0.05) is 44.2 Å². The third-order valence-electron chi connectivity index (χ3n) is 9.30. The number of morpholine rings is 1. The van der Waals surface area contributed by atoms with E-state index in [0.717, 1.165) is 49.9 Å². The second-order valence-corrected chi connectivity index (χ2v) is 14.0. The molecule has 0 bridgehead atoms. The minimum atomic E-state index is -0.217. The van der Waals surface area contributed by atoms with Gasteiger partial charge in [0.05, 0.1) is 69.0 Å². The maximum atomic E-state index is 6.48. The minimum Gasteiger partial charge on any atom is -0.487 e. The summed E-state index contributed by atoms with van der Waals surface area (Å²) in [6.45, 7) is 11.5. The molecule has 4 aromatic rings. The van der Waals surface area contributed by atoms with Gasteiger partial charge >= 0.3 is 0 Å². The van der Waals surface area contributed by atoms with Gasteiger partial charge in [0.2, 0.25) is 5.95 Å². The number of nitrogens with zero attached hydrogens (tertiary/aromatic N) is 9. The second kappa shape index (κ2) is 19.4. The van der Waals surface area contributed by atoms with Crippen molar-refractivity contribution < 1.29 is 28.4 Å². The first-order valence-electron chi connectivity index (χ1n) is 18.4. The summed E-state index contributed by atoms with van der Waals surface area (Å²) in [5.74, 6) is 1.44. The number of aromatic nitrogens is 8. The average Bonchev–Trinajstić information content (AvgIpc) is 3.82. The van der Waals surface area contributed by atoms with Crippen molar-refractivity contribution in [3.05, 3.63) is 48.1 Å². The van der Waals surface area contributed by atoms with Gasteiger partial charge in [0.1, 0.15) is 30.5 Å². The third-order valence-corrected chi connectivity index (χ3v) is 9.61. The number of rotatable bonds is 19. The normalized spacial score (nSPS) is 21.4. The highest BCUT2D eigenvalue weighted by molar-refractivity contribution is 6.32. The number of halogens is 1. The Morgan fingerprint density at radius 2 is 1.62 bits per heavy atom. The van der Waals surface area contributed by atoms with E-state index in [1.165, 1.54) is 0 Å². The highest BCUT2D eigenvalue weighted by Gasteiger charge is 2.32.